The third kappa shape index (κ3) is 1.96. The molecule has 0 spiro atoms. The number of rotatable bonds is 4. The highest BCUT2D eigenvalue weighted by Crippen LogP contribution is 2.23. The summed E-state index contributed by atoms with van der Waals surface area (Å²) in [5, 5.41) is 1.13. The molecule has 4 heteroatoms. The van der Waals surface area contributed by atoms with Gasteiger partial charge in [-0.2, -0.15) is 0 Å². The van der Waals surface area contributed by atoms with Gasteiger partial charge in [0.2, 0.25) is 0 Å². The van der Waals surface area contributed by atoms with E-state index in [1.807, 2.05) is 13.1 Å². The zero-order chi connectivity index (χ0) is 11.5. The maximum Gasteiger partial charge on any atom is 0.142 e. The van der Waals surface area contributed by atoms with Crippen LogP contribution in [-0.2, 0) is 4.74 Å². The van der Waals surface area contributed by atoms with Crippen molar-refractivity contribution < 1.29 is 4.74 Å². The van der Waals surface area contributed by atoms with Gasteiger partial charge in [0.05, 0.1) is 6.61 Å². The first-order valence-electron chi connectivity index (χ1n) is 5.23. The maximum absolute atomic E-state index is 5.37. The molecule has 0 radical (unpaired) electrons. The standard InChI is InChI=1S/C12H15N2OP/c1-4-15-9(2)11-7-10-5-6-14(16-3)12(10)13-8-11/h5-8,16H,2,4H2,1,3H3. The van der Waals surface area contributed by atoms with Gasteiger partial charge in [-0.05, 0) is 34.5 Å². The molecule has 0 aliphatic carbocycles. The number of fused-ring (bicyclic) bond motifs is 1. The van der Waals surface area contributed by atoms with E-state index in [-0.39, 0.29) is 0 Å². The molecule has 2 aromatic rings. The molecule has 1 atom stereocenters. The molecule has 0 amide bonds. The summed E-state index contributed by atoms with van der Waals surface area (Å²) in [4.78, 5) is 4.44. The van der Waals surface area contributed by atoms with Gasteiger partial charge in [0.25, 0.3) is 0 Å². The van der Waals surface area contributed by atoms with Crippen LogP contribution in [0.4, 0.5) is 0 Å². The molecule has 0 saturated carbocycles. The summed E-state index contributed by atoms with van der Waals surface area (Å²) in [6.45, 7) is 8.60. The SMILES string of the molecule is C=C(OCC)c1cnc2c(ccn2PC)c1. The first-order valence-corrected chi connectivity index (χ1v) is 6.68. The lowest BCUT2D eigenvalue weighted by atomic mass is 10.2. The first kappa shape index (κ1) is 11.2. The van der Waals surface area contributed by atoms with Crippen molar-refractivity contribution in [2.75, 3.05) is 13.3 Å². The highest BCUT2D eigenvalue weighted by Gasteiger charge is 2.05. The first-order chi connectivity index (χ1) is 7.76. The molecule has 0 fully saturated rings. The van der Waals surface area contributed by atoms with Crippen LogP contribution >= 0.6 is 8.73 Å². The van der Waals surface area contributed by atoms with E-state index in [1.54, 1.807) is 0 Å². The van der Waals surface area contributed by atoms with Crippen molar-refractivity contribution in [3.8, 4) is 0 Å². The van der Waals surface area contributed by atoms with Crippen LogP contribution in [0.3, 0.4) is 0 Å². The van der Waals surface area contributed by atoms with E-state index in [2.05, 4.69) is 40.9 Å². The lowest BCUT2D eigenvalue weighted by Gasteiger charge is -2.06. The van der Waals surface area contributed by atoms with Crippen LogP contribution < -0.4 is 0 Å². The summed E-state index contributed by atoms with van der Waals surface area (Å²) in [6.07, 6.45) is 3.88. The highest BCUT2D eigenvalue weighted by atomic mass is 31.1. The summed E-state index contributed by atoms with van der Waals surface area (Å²) in [5.74, 6) is 0.684. The number of aromatic nitrogens is 2. The van der Waals surface area contributed by atoms with Gasteiger partial charge < -0.3 is 9.07 Å². The Morgan fingerprint density at radius 2 is 2.44 bits per heavy atom. The smallest absolute Gasteiger partial charge is 0.142 e. The molecule has 0 aliphatic rings. The van der Waals surface area contributed by atoms with Crippen LogP contribution in [0.25, 0.3) is 16.8 Å². The van der Waals surface area contributed by atoms with E-state index in [9.17, 15) is 0 Å². The van der Waals surface area contributed by atoms with Gasteiger partial charge in [0.1, 0.15) is 11.4 Å². The Labute approximate surface area is 97.0 Å². The van der Waals surface area contributed by atoms with Gasteiger partial charge in [0.15, 0.2) is 0 Å². The lowest BCUT2D eigenvalue weighted by molar-refractivity contribution is 0.299. The molecule has 3 nitrogen and oxygen atoms in total. The molecule has 0 aromatic carbocycles. The van der Waals surface area contributed by atoms with Crippen LogP contribution in [-0.4, -0.2) is 22.6 Å². The zero-order valence-corrected chi connectivity index (χ0v) is 10.5. The highest BCUT2D eigenvalue weighted by molar-refractivity contribution is 7.35. The predicted molar refractivity (Wildman–Crippen MR) is 70.0 cm³/mol. The van der Waals surface area contributed by atoms with Crippen LogP contribution in [0, 0.1) is 0 Å². The molecule has 16 heavy (non-hydrogen) atoms. The summed E-state index contributed by atoms with van der Waals surface area (Å²) >= 11 is 0. The molecule has 0 aliphatic heterocycles. The fourth-order valence-corrected chi connectivity index (χ4v) is 2.24. The molecule has 0 bridgehead atoms. The zero-order valence-electron chi connectivity index (χ0n) is 9.53. The quantitative estimate of drug-likeness (QED) is 0.600. The van der Waals surface area contributed by atoms with E-state index in [0.29, 0.717) is 21.1 Å². The van der Waals surface area contributed by atoms with E-state index in [0.717, 1.165) is 16.6 Å². The van der Waals surface area contributed by atoms with E-state index in [4.69, 9.17) is 4.74 Å². The van der Waals surface area contributed by atoms with Crippen molar-refractivity contribution in [2.45, 2.75) is 6.92 Å². The normalized spacial score (nSPS) is 11.4. The Morgan fingerprint density at radius 1 is 1.62 bits per heavy atom. The monoisotopic (exact) mass is 234 g/mol. The van der Waals surface area contributed by atoms with Gasteiger partial charge in [0, 0.05) is 23.3 Å². The number of hydrogen-bond donors (Lipinski definition) is 0. The van der Waals surface area contributed by atoms with Crippen LogP contribution in [0.1, 0.15) is 12.5 Å². The molecular weight excluding hydrogens is 219 g/mol. The summed E-state index contributed by atoms with van der Waals surface area (Å²) in [7, 11) is 0.700. The van der Waals surface area contributed by atoms with Gasteiger partial charge >= 0.3 is 0 Å². The number of nitrogens with zero attached hydrogens (tertiary/aromatic N) is 2. The molecule has 84 valence electrons. The van der Waals surface area contributed by atoms with Crippen LogP contribution in [0.5, 0.6) is 0 Å². The topological polar surface area (TPSA) is 27.1 Å². The Hall–Kier alpha value is -1.34. The van der Waals surface area contributed by atoms with Crippen molar-refractivity contribution in [1.82, 2.24) is 9.32 Å². The summed E-state index contributed by atoms with van der Waals surface area (Å²) in [6, 6.07) is 4.14. The third-order valence-electron chi connectivity index (χ3n) is 2.41. The second-order valence-electron chi connectivity index (χ2n) is 3.40. The summed E-state index contributed by atoms with van der Waals surface area (Å²) < 4.78 is 7.51. The summed E-state index contributed by atoms with van der Waals surface area (Å²) in [5.41, 5.74) is 1.97. The minimum Gasteiger partial charge on any atom is -0.494 e. The number of pyridine rings is 1. The molecule has 2 rings (SSSR count). The Kier molecular flexibility index (Phi) is 3.25. The van der Waals surface area contributed by atoms with E-state index < -0.39 is 0 Å². The van der Waals surface area contributed by atoms with Crippen molar-refractivity contribution in [2.24, 2.45) is 0 Å². The molecule has 1 unspecified atom stereocenters. The van der Waals surface area contributed by atoms with Gasteiger partial charge in [-0.25, -0.2) is 4.98 Å². The van der Waals surface area contributed by atoms with Gasteiger partial charge in [-0.15, -0.1) is 0 Å². The van der Waals surface area contributed by atoms with Crippen LogP contribution in [0.15, 0.2) is 31.1 Å². The Balaban J connectivity index is 2.41. The molecule has 2 aromatic heterocycles. The Morgan fingerprint density at radius 3 is 3.12 bits per heavy atom. The number of hydrogen-bond acceptors (Lipinski definition) is 2. The van der Waals surface area contributed by atoms with Gasteiger partial charge in [-0.1, -0.05) is 6.58 Å². The van der Waals surface area contributed by atoms with E-state index in [1.165, 1.54) is 0 Å². The maximum atomic E-state index is 5.37. The van der Waals surface area contributed by atoms with Crippen molar-refractivity contribution in [1.29, 1.82) is 0 Å². The Bertz CT molecular complexity index is 519. The van der Waals surface area contributed by atoms with Crippen molar-refractivity contribution in [3.05, 3.63) is 36.7 Å². The molecule has 0 N–H and O–H groups in total. The molecule has 0 saturated heterocycles. The van der Waals surface area contributed by atoms with E-state index >= 15 is 0 Å². The van der Waals surface area contributed by atoms with Gasteiger partial charge in [-0.3, -0.25) is 0 Å². The second kappa shape index (κ2) is 4.67. The molecule has 2 heterocycles. The molecular formula is C12H15N2OP. The average molecular weight is 234 g/mol. The second-order valence-corrected chi connectivity index (χ2v) is 4.33. The minimum absolute atomic E-state index is 0.633. The fraction of sp³-hybridized carbons (Fsp3) is 0.250. The van der Waals surface area contributed by atoms with Crippen molar-refractivity contribution in [3.63, 3.8) is 0 Å². The number of ether oxygens (including phenoxy) is 1. The van der Waals surface area contributed by atoms with Crippen molar-refractivity contribution >= 4 is 25.5 Å². The van der Waals surface area contributed by atoms with Crippen LogP contribution in [0.2, 0.25) is 0 Å². The minimum atomic E-state index is 0.633. The predicted octanol–water partition coefficient (Wildman–Crippen LogP) is 3.11. The largest absolute Gasteiger partial charge is 0.494 e. The third-order valence-corrected chi connectivity index (χ3v) is 3.25. The fourth-order valence-electron chi connectivity index (χ4n) is 1.61. The lowest BCUT2D eigenvalue weighted by Crippen LogP contribution is -1.92. The average Bonchev–Trinajstić information content (AvgIpc) is 2.71.